The standard InChI is InChI=1S/C15H12ClN3O2/c16-11-4-2-1-3-10(11)8-17-14(20)9-5-6-12-13(7-9)19-15(21)18-12/h1-7H,8H2,(H,17,20)(H2,18,19,21). The maximum absolute atomic E-state index is 12.1. The highest BCUT2D eigenvalue weighted by Gasteiger charge is 2.08. The van der Waals surface area contributed by atoms with E-state index < -0.39 is 0 Å². The fourth-order valence-corrected chi connectivity index (χ4v) is 2.30. The summed E-state index contributed by atoms with van der Waals surface area (Å²) in [6.07, 6.45) is 0. The Labute approximate surface area is 125 Å². The lowest BCUT2D eigenvalue weighted by atomic mass is 10.1. The number of carbonyl (C=O) groups is 1. The summed E-state index contributed by atoms with van der Waals surface area (Å²) in [5.74, 6) is -0.223. The van der Waals surface area contributed by atoms with Crippen molar-refractivity contribution in [2.24, 2.45) is 0 Å². The number of hydrogen-bond acceptors (Lipinski definition) is 2. The predicted octanol–water partition coefficient (Wildman–Crippen LogP) is 2.44. The molecule has 1 aromatic heterocycles. The Kier molecular flexibility index (Phi) is 3.50. The van der Waals surface area contributed by atoms with Gasteiger partial charge in [0.1, 0.15) is 0 Å². The normalized spacial score (nSPS) is 10.7. The van der Waals surface area contributed by atoms with Gasteiger partial charge in [-0.15, -0.1) is 0 Å². The van der Waals surface area contributed by atoms with E-state index in [1.54, 1.807) is 24.3 Å². The molecule has 0 bridgehead atoms. The number of aromatic amines is 2. The molecule has 1 amide bonds. The van der Waals surface area contributed by atoms with Crippen molar-refractivity contribution in [2.75, 3.05) is 0 Å². The summed E-state index contributed by atoms with van der Waals surface area (Å²) in [6.45, 7) is 0.347. The SMILES string of the molecule is O=C(NCc1ccccc1Cl)c1ccc2[nH]c(=O)[nH]c2c1. The Morgan fingerprint density at radius 3 is 2.67 bits per heavy atom. The van der Waals surface area contributed by atoms with Crippen LogP contribution in [0.4, 0.5) is 0 Å². The molecule has 0 fully saturated rings. The first-order valence-electron chi connectivity index (χ1n) is 6.37. The van der Waals surface area contributed by atoms with Gasteiger partial charge in [-0.2, -0.15) is 0 Å². The van der Waals surface area contributed by atoms with Crippen molar-refractivity contribution in [1.82, 2.24) is 15.3 Å². The lowest BCUT2D eigenvalue weighted by molar-refractivity contribution is 0.0951. The molecule has 0 saturated carbocycles. The minimum Gasteiger partial charge on any atom is -0.348 e. The van der Waals surface area contributed by atoms with E-state index in [0.29, 0.717) is 28.2 Å². The van der Waals surface area contributed by atoms with Crippen molar-refractivity contribution >= 4 is 28.5 Å². The average molecular weight is 302 g/mol. The Bertz CT molecular complexity index is 866. The molecular formula is C15H12ClN3O2. The van der Waals surface area contributed by atoms with Crippen LogP contribution < -0.4 is 11.0 Å². The first kappa shape index (κ1) is 13.5. The number of aromatic nitrogens is 2. The van der Waals surface area contributed by atoms with Gasteiger partial charge in [-0.3, -0.25) is 4.79 Å². The van der Waals surface area contributed by atoms with Gasteiger partial charge in [-0.25, -0.2) is 4.79 Å². The topological polar surface area (TPSA) is 77.8 Å². The molecule has 3 N–H and O–H groups in total. The van der Waals surface area contributed by atoms with Crippen LogP contribution in [-0.2, 0) is 6.54 Å². The maximum atomic E-state index is 12.1. The molecule has 0 unspecified atom stereocenters. The Morgan fingerprint density at radius 2 is 1.86 bits per heavy atom. The molecule has 3 rings (SSSR count). The van der Waals surface area contributed by atoms with Crippen LogP contribution in [0.2, 0.25) is 5.02 Å². The van der Waals surface area contributed by atoms with Gasteiger partial charge < -0.3 is 15.3 Å². The van der Waals surface area contributed by atoms with E-state index in [4.69, 9.17) is 11.6 Å². The second-order valence-corrected chi connectivity index (χ2v) is 5.02. The largest absolute Gasteiger partial charge is 0.348 e. The highest BCUT2D eigenvalue weighted by Crippen LogP contribution is 2.15. The number of carbonyl (C=O) groups excluding carboxylic acids is 1. The number of nitrogens with one attached hydrogen (secondary N) is 3. The van der Waals surface area contributed by atoms with E-state index >= 15 is 0 Å². The number of halogens is 1. The first-order valence-corrected chi connectivity index (χ1v) is 6.75. The van der Waals surface area contributed by atoms with Crippen molar-refractivity contribution in [1.29, 1.82) is 0 Å². The Morgan fingerprint density at radius 1 is 1.10 bits per heavy atom. The fraction of sp³-hybridized carbons (Fsp3) is 0.0667. The van der Waals surface area contributed by atoms with Gasteiger partial charge in [0.25, 0.3) is 5.91 Å². The molecule has 0 saturated heterocycles. The third kappa shape index (κ3) is 2.83. The summed E-state index contributed by atoms with van der Waals surface area (Å²) in [5, 5.41) is 3.42. The van der Waals surface area contributed by atoms with Gasteiger partial charge in [-0.1, -0.05) is 29.8 Å². The number of fused-ring (bicyclic) bond motifs is 1. The molecule has 0 aliphatic rings. The van der Waals surface area contributed by atoms with Crippen LogP contribution in [0.1, 0.15) is 15.9 Å². The molecule has 2 aromatic carbocycles. The summed E-state index contributed by atoms with van der Waals surface area (Å²) in [5.41, 5.74) is 2.31. The second-order valence-electron chi connectivity index (χ2n) is 4.61. The summed E-state index contributed by atoms with van der Waals surface area (Å²) >= 11 is 6.04. The van der Waals surface area contributed by atoms with E-state index in [1.165, 1.54) is 0 Å². The van der Waals surface area contributed by atoms with Gasteiger partial charge in [0.2, 0.25) is 0 Å². The first-order chi connectivity index (χ1) is 10.1. The Balaban J connectivity index is 1.77. The summed E-state index contributed by atoms with van der Waals surface area (Å²) in [6, 6.07) is 12.3. The van der Waals surface area contributed by atoms with Gasteiger partial charge in [-0.05, 0) is 29.8 Å². The van der Waals surface area contributed by atoms with Crippen LogP contribution >= 0.6 is 11.6 Å². The average Bonchev–Trinajstić information content (AvgIpc) is 2.85. The zero-order valence-corrected chi connectivity index (χ0v) is 11.7. The molecule has 0 aliphatic carbocycles. The monoisotopic (exact) mass is 301 g/mol. The predicted molar refractivity (Wildman–Crippen MR) is 81.5 cm³/mol. The molecule has 106 valence electrons. The van der Waals surface area contributed by atoms with Crippen LogP contribution in [0, 0.1) is 0 Å². The molecule has 5 nitrogen and oxygen atoms in total. The van der Waals surface area contributed by atoms with Crippen LogP contribution in [-0.4, -0.2) is 15.9 Å². The van der Waals surface area contributed by atoms with Crippen molar-refractivity contribution in [3.8, 4) is 0 Å². The summed E-state index contributed by atoms with van der Waals surface area (Å²) in [4.78, 5) is 28.6. The molecule has 0 atom stereocenters. The highest BCUT2D eigenvalue weighted by molar-refractivity contribution is 6.31. The molecular weight excluding hydrogens is 290 g/mol. The number of amides is 1. The van der Waals surface area contributed by atoms with Crippen molar-refractivity contribution < 1.29 is 4.79 Å². The molecule has 1 heterocycles. The van der Waals surface area contributed by atoms with Gasteiger partial charge in [0.15, 0.2) is 0 Å². The van der Waals surface area contributed by atoms with E-state index in [1.807, 2.05) is 18.2 Å². The third-order valence-electron chi connectivity index (χ3n) is 3.18. The van der Waals surface area contributed by atoms with E-state index in [9.17, 15) is 9.59 Å². The smallest absolute Gasteiger partial charge is 0.323 e. The number of rotatable bonds is 3. The number of hydrogen-bond donors (Lipinski definition) is 3. The number of benzene rings is 2. The van der Waals surface area contributed by atoms with Crippen LogP contribution in [0.5, 0.6) is 0 Å². The van der Waals surface area contributed by atoms with Crippen molar-refractivity contribution in [3.63, 3.8) is 0 Å². The van der Waals surface area contributed by atoms with E-state index in [2.05, 4.69) is 15.3 Å². The van der Waals surface area contributed by atoms with E-state index in [0.717, 1.165) is 5.56 Å². The van der Waals surface area contributed by atoms with Crippen LogP contribution in [0.3, 0.4) is 0 Å². The maximum Gasteiger partial charge on any atom is 0.323 e. The molecule has 0 radical (unpaired) electrons. The molecule has 21 heavy (non-hydrogen) atoms. The van der Waals surface area contributed by atoms with Crippen LogP contribution in [0.25, 0.3) is 11.0 Å². The minimum absolute atomic E-state index is 0.223. The van der Waals surface area contributed by atoms with Gasteiger partial charge in [0, 0.05) is 17.1 Å². The van der Waals surface area contributed by atoms with E-state index in [-0.39, 0.29) is 11.6 Å². The molecule has 6 heteroatoms. The summed E-state index contributed by atoms with van der Waals surface area (Å²) in [7, 11) is 0. The lowest BCUT2D eigenvalue weighted by Gasteiger charge is -2.07. The minimum atomic E-state index is -0.293. The number of H-pyrrole nitrogens is 2. The van der Waals surface area contributed by atoms with Crippen molar-refractivity contribution in [3.05, 3.63) is 69.1 Å². The molecule has 3 aromatic rings. The quantitative estimate of drug-likeness (QED) is 0.695. The zero-order valence-electron chi connectivity index (χ0n) is 10.9. The van der Waals surface area contributed by atoms with Gasteiger partial charge >= 0.3 is 5.69 Å². The second kappa shape index (κ2) is 5.46. The zero-order chi connectivity index (χ0) is 14.8. The van der Waals surface area contributed by atoms with Crippen LogP contribution in [0.15, 0.2) is 47.3 Å². The Hall–Kier alpha value is -2.53. The molecule has 0 aliphatic heterocycles. The third-order valence-corrected chi connectivity index (χ3v) is 3.54. The summed E-state index contributed by atoms with van der Waals surface area (Å²) < 4.78 is 0. The van der Waals surface area contributed by atoms with Crippen molar-refractivity contribution in [2.45, 2.75) is 6.54 Å². The number of imidazole rings is 1. The molecule has 0 spiro atoms. The fourth-order valence-electron chi connectivity index (χ4n) is 2.09. The highest BCUT2D eigenvalue weighted by atomic mass is 35.5. The van der Waals surface area contributed by atoms with Gasteiger partial charge in [0.05, 0.1) is 11.0 Å². The lowest BCUT2D eigenvalue weighted by Crippen LogP contribution is -2.22.